The second kappa shape index (κ2) is 9.00. The molecule has 0 radical (unpaired) electrons. The zero-order valence-electron chi connectivity index (χ0n) is 19.1. The zero-order chi connectivity index (χ0) is 27.2. The monoisotopic (exact) mass is 514 g/mol. The Morgan fingerprint density at radius 3 is 2.24 bits per heavy atom. The third kappa shape index (κ3) is 4.58. The van der Waals surface area contributed by atoms with E-state index in [4.69, 9.17) is 17.2 Å². The van der Waals surface area contributed by atoms with Gasteiger partial charge in [0.15, 0.2) is 5.69 Å². The summed E-state index contributed by atoms with van der Waals surface area (Å²) in [6, 6.07) is 8.87. The van der Waals surface area contributed by atoms with Gasteiger partial charge in [0.05, 0.1) is 17.6 Å². The van der Waals surface area contributed by atoms with Crippen molar-refractivity contribution < 1.29 is 31.9 Å². The number of fused-ring (bicyclic) bond motifs is 1. The van der Waals surface area contributed by atoms with Crippen LogP contribution in [0.5, 0.6) is 0 Å². The molecule has 0 aliphatic heterocycles. The van der Waals surface area contributed by atoms with Crippen molar-refractivity contribution in [1.29, 1.82) is 0 Å². The molecule has 4 aromatic rings. The highest BCUT2D eigenvalue weighted by Gasteiger charge is 2.41. The van der Waals surface area contributed by atoms with E-state index in [1.807, 2.05) is 0 Å². The molecule has 13 heteroatoms. The van der Waals surface area contributed by atoms with E-state index in [1.54, 1.807) is 6.07 Å². The minimum Gasteiger partial charge on any atom is -0.366 e. The van der Waals surface area contributed by atoms with Crippen LogP contribution in [0.1, 0.15) is 48.2 Å². The molecule has 3 amide bonds. The van der Waals surface area contributed by atoms with Crippen LogP contribution in [-0.4, -0.2) is 32.5 Å². The number of pyridine rings is 1. The Morgan fingerprint density at radius 2 is 1.65 bits per heavy atom. The summed E-state index contributed by atoms with van der Waals surface area (Å²) >= 11 is 0. The average molecular weight is 514 g/mol. The first kappa shape index (κ1) is 25.3. The van der Waals surface area contributed by atoms with Crippen molar-refractivity contribution in [2.45, 2.75) is 19.6 Å². The topological polar surface area (TPSA) is 160 Å². The minimum absolute atomic E-state index is 0.0802. The van der Waals surface area contributed by atoms with E-state index in [1.165, 1.54) is 25.1 Å². The van der Waals surface area contributed by atoms with Crippen molar-refractivity contribution in [2.75, 3.05) is 0 Å². The fraction of sp³-hybridized carbons (Fsp3) is 0.125. The van der Waals surface area contributed by atoms with Crippen molar-refractivity contribution in [3.63, 3.8) is 0 Å². The number of nitrogens with zero attached hydrogens (tertiary/aromatic N) is 3. The van der Waals surface area contributed by atoms with Gasteiger partial charge in [-0.3, -0.25) is 19.1 Å². The lowest BCUT2D eigenvalue weighted by atomic mass is 9.92. The van der Waals surface area contributed by atoms with Gasteiger partial charge in [0.2, 0.25) is 11.8 Å². The maximum atomic E-state index is 14.2. The summed E-state index contributed by atoms with van der Waals surface area (Å²) in [6.45, 7) is 1.07. The van der Waals surface area contributed by atoms with Gasteiger partial charge in [-0.2, -0.15) is 18.3 Å². The Bertz CT molecular complexity index is 1610. The van der Waals surface area contributed by atoms with Crippen LogP contribution in [0.25, 0.3) is 22.0 Å². The summed E-state index contributed by atoms with van der Waals surface area (Å²) in [6.07, 6.45) is -5.04. The number of hydrogen-bond donors (Lipinski definition) is 3. The molecular weight excluding hydrogens is 496 g/mol. The fourth-order valence-corrected chi connectivity index (χ4v) is 4.11. The van der Waals surface area contributed by atoms with E-state index in [-0.39, 0.29) is 28.7 Å². The van der Waals surface area contributed by atoms with E-state index in [2.05, 4.69) is 10.1 Å². The lowest BCUT2D eigenvalue weighted by Gasteiger charge is -2.16. The summed E-state index contributed by atoms with van der Waals surface area (Å²) in [4.78, 5) is 40.3. The van der Waals surface area contributed by atoms with E-state index in [0.29, 0.717) is 5.56 Å². The second-order valence-electron chi connectivity index (χ2n) is 8.13. The zero-order valence-corrected chi connectivity index (χ0v) is 19.1. The van der Waals surface area contributed by atoms with Gasteiger partial charge in [-0.25, -0.2) is 9.37 Å². The molecule has 0 atom stereocenters. The summed E-state index contributed by atoms with van der Waals surface area (Å²) in [5.41, 5.74) is 12.7. The largest absolute Gasteiger partial charge is 0.435 e. The molecule has 4 rings (SSSR count). The molecule has 0 saturated carbocycles. The molecular formula is C24H18F4N6O3. The number of nitrogens with two attached hydrogens (primary N) is 3. The Labute approximate surface area is 205 Å². The first-order chi connectivity index (χ1) is 17.3. The molecule has 0 bridgehead atoms. The average Bonchev–Trinajstić information content (AvgIpc) is 3.13. The summed E-state index contributed by atoms with van der Waals surface area (Å²) in [7, 11) is 0. The Kier molecular flexibility index (Phi) is 6.15. The quantitative estimate of drug-likeness (QED) is 0.337. The number of rotatable bonds is 6. The number of carbonyl (C=O) groups is 3. The highest BCUT2D eigenvalue weighted by atomic mass is 19.4. The normalized spacial score (nSPS) is 11.6. The number of hydrogen-bond acceptors (Lipinski definition) is 5. The highest BCUT2D eigenvalue weighted by Crippen LogP contribution is 2.42. The molecule has 0 spiro atoms. The smallest absolute Gasteiger partial charge is 0.366 e. The molecule has 2 aromatic heterocycles. The number of alkyl halides is 3. The summed E-state index contributed by atoms with van der Waals surface area (Å²) in [5, 5.41) is 3.63. The van der Waals surface area contributed by atoms with Crippen molar-refractivity contribution >= 4 is 28.6 Å². The lowest BCUT2D eigenvalue weighted by molar-refractivity contribution is -0.141. The maximum Gasteiger partial charge on any atom is 0.435 e. The van der Waals surface area contributed by atoms with Crippen LogP contribution in [0.15, 0.2) is 42.5 Å². The molecule has 6 N–H and O–H groups in total. The Balaban J connectivity index is 2.07. The highest BCUT2D eigenvalue weighted by molar-refractivity contribution is 6.15. The number of benzene rings is 2. The molecule has 37 heavy (non-hydrogen) atoms. The minimum atomic E-state index is -5.04. The molecule has 0 saturated heterocycles. The number of amides is 3. The van der Waals surface area contributed by atoms with Crippen LogP contribution in [-0.2, 0) is 12.7 Å². The lowest BCUT2D eigenvalue weighted by Crippen LogP contribution is -2.21. The SMILES string of the molecule is Cc1c(-c2c(C(N)=O)nc3cc(F)ccc3c2C(N)=O)c(C(F)(F)F)nn1Cc1cccc(C(N)=O)c1. The van der Waals surface area contributed by atoms with E-state index in [9.17, 15) is 31.9 Å². The van der Waals surface area contributed by atoms with Crippen molar-refractivity contribution in [1.82, 2.24) is 14.8 Å². The molecule has 0 fully saturated rings. The predicted octanol–water partition coefficient (Wildman–Crippen LogP) is 2.91. The summed E-state index contributed by atoms with van der Waals surface area (Å²) in [5.74, 6) is -3.95. The van der Waals surface area contributed by atoms with Gasteiger partial charge in [-0.1, -0.05) is 12.1 Å². The van der Waals surface area contributed by atoms with Crippen molar-refractivity contribution in [3.8, 4) is 11.1 Å². The maximum absolute atomic E-state index is 14.2. The standard InChI is InChI=1S/C24H18F4N6O3/c1-10-16(18-17(22(30)36)14-6-5-13(25)8-15(14)32-19(18)23(31)37)20(24(26,27)28)33-34(10)9-11-3-2-4-12(7-11)21(29)35/h2-8H,9H2,1H3,(H2,29,35)(H2,30,36)(H2,31,37). The van der Waals surface area contributed by atoms with Gasteiger partial charge in [-0.15, -0.1) is 0 Å². The molecule has 0 aliphatic carbocycles. The third-order valence-corrected chi connectivity index (χ3v) is 5.70. The first-order valence-electron chi connectivity index (χ1n) is 10.6. The molecule has 190 valence electrons. The van der Waals surface area contributed by atoms with Crippen LogP contribution >= 0.6 is 0 Å². The van der Waals surface area contributed by atoms with Gasteiger partial charge >= 0.3 is 6.18 Å². The Morgan fingerprint density at radius 1 is 0.946 bits per heavy atom. The predicted molar refractivity (Wildman–Crippen MR) is 124 cm³/mol. The van der Waals surface area contributed by atoms with E-state index < -0.39 is 57.8 Å². The van der Waals surface area contributed by atoms with Gasteiger partial charge in [0.1, 0.15) is 11.5 Å². The van der Waals surface area contributed by atoms with Crippen LogP contribution in [0, 0.1) is 12.7 Å². The molecule has 0 aliphatic rings. The van der Waals surface area contributed by atoms with Gasteiger partial charge < -0.3 is 17.2 Å². The van der Waals surface area contributed by atoms with Crippen LogP contribution in [0.2, 0.25) is 0 Å². The number of halogens is 4. The van der Waals surface area contributed by atoms with Crippen molar-refractivity contribution in [3.05, 3.63) is 82.1 Å². The van der Waals surface area contributed by atoms with Crippen LogP contribution in [0.3, 0.4) is 0 Å². The fourth-order valence-electron chi connectivity index (χ4n) is 4.11. The third-order valence-electron chi connectivity index (χ3n) is 5.70. The molecule has 2 aromatic carbocycles. The number of primary amides is 3. The van der Waals surface area contributed by atoms with Crippen LogP contribution in [0.4, 0.5) is 17.6 Å². The van der Waals surface area contributed by atoms with Crippen molar-refractivity contribution in [2.24, 2.45) is 17.2 Å². The molecule has 9 nitrogen and oxygen atoms in total. The van der Waals surface area contributed by atoms with E-state index >= 15 is 0 Å². The Hall–Kier alpha value is -4.81. The first-order valence-corrected chi connectivity index (χ1v) is 10.6. The van der Waals surface area contributed by atoms with E-state index in [0.717, 1.165) is 22.9 Å². The number of carbonyl (C=O) groups excluding carboxylic acids is 3. The summed E-state index contributed by atoms with van der Waals surface area (Å²) < 4.78 is 57.5. The van der Waals surface area contributed by atoms with Gasteiger partial charge in [-0.05, 0) is 36.8 Å². The van der Waals surface area contributed by atoms with Crippen LogP contribution < -0.4 is 17.2 Å². The van der Waals surface area contributed by atoms with Gasteiger partial charge in [0.25, 0.3) is 5.91 Å². The second-order valence-corrected chi connectivity index (χ2v) is 8.13. The van der Waals surface area contributed by atoms with Gasteiger partial charge in [0, 0.05) is 33.8 Å². The molecule has 0 unspecified atom stereocenters. The number of aromatic nitrogens is 3. The molecule has 2 heterocycles.